The summed E-state index contributed by atoms with van der Waals surface area (Å²) in [4.78, 5) is 64.6. The Morgan fingerprint density at radius 2 is 1.77 bits per heavy atom. The number of amides is 1. The van der Waals surface area contributed by atoms with E-state index in [9.17, 15) is 39.1 Å². The van der Waals surface area contributed by atoms with Crippen LogP contribution in [0.5, 0.6) is 0 Å². The number of phosphoric acid groups is 2. The average Bonchev–Trinajstić information content (AvgIpc) is 3.76. The maximum atomic E-state index is 13.4. The lowest BCUT2D eigenvalue weighted by molar-refractivity contribution is -0.130. The zero-order valence-electron chi connectivity index (χ0n) is 23.5. The van der Waals surface area contributed by atoms with Crippen LogP contribution in [-0.4, -0.2) is 126 Å². The molecule has 254 valence electrons. The highest BCUT2D eigenvalue weighted by Gasteiger charge is 2.56. The summed E-state index contributed by atoms with van der Waals surface area (Å²) in [5.74, 6) is -0.531. The number of phosphoric ester groups is 2. The fraction of sp³-hybridized carbons (Fsp3) is 0.650. The molecule has 13 atom stereocenters. The number of aromatic nitrogens is 4. The number of carbonyl (C=O) groups excluding carboxylic acids is 1. The van der Waals surface area contributed by atoms with E-state index < -0.39 is 108 Å². The van der Waals surface area contributed by atoms with Crippen LogP contribution < -0.4 is 21.9 Å². The van der Waals surface area contributed by atoms with Gasteiger partial charge in [0, 0.05) is 4.91 Å². The van der Waals surface area contributed by atoms with Gasteiger partial charge in [0.25, 0.3) is 11.5 Å². The first kappa shape index (κ1) is 32.2. The van der Waals surface area contributed by atoms with Crippen molar-refractivity contribution >= 4 is 39.1 Å². The van der Waals surface area contributed by atoms with E-state index in [-0.39, 0.29) is 11.2 Å². The Morgan fingerprint density at radius 3 is 2.51 bits per heavy atom. The molecule has 2 bridgehead atoms. The third-order valence-electron chi connectivity index (χ3n) is 7.95. The molecule has 0 spiro atoms. The monoisotopic (exact) mass is 704 g/mol. The summed E-state index contributed by atoms with van der Waals surface area (Å²) < 4.78 is 60.6. The largest absolute Gasteiger partial charge is 0.472 e. The first-order valence-electron chi connectivity index (χ1n) is 13.7. The van der Waals surface area contributed by atoms with Gasteiger partial charge in [0.05, 0.1) is 44.4 Å². The highest BCUT2D eigenvalue weighted by molar-refractivity contribution is 7.47. The van der Waals surface area contributed by atoms with Gasteiger partial charge in [0.1, 0.15) is 36.9 Å². The van der Waals surface area contributed by atoms with Gasteiger partial charge in [-0.1, -0.05) is 5.11 Å². The molecule has 47 heavy (non-hydrogen) atoms. The standard InChI is InChI=1S/C20H26N12O13P2/c21-20-27-15-10(17(35)28-20)26-5-32(15)19-13-8(29-30-22)6(42-19)1-40-46(36,37)44-12-7(2-41-47(38,39)45-13)43-18(11(12)33)31-4-25-9-14(31)23-3-24-16(9)34/h3-8,10-13,15,18-20,27,33H,1-2,21H2,(H,28,35)(H,36,37)(H,38,39)(H,23,24,34)/t6-,7-,8-,10?,11-,12-,13-,15?,18-,19-,20?/m1/s1. The second-order valence-electron chi connectivity index (χ2n) is 10.8. The molecule has 0 radical (unpaired) electrons. The van der Waals surface area contributed by atoms with Crippen LogP contribution in [0, 0.1) is 0 Å². The summed E-state index contributed by atoms with van der Waals surface area (Å²) in [5, 5.41) is 20.1. The van der Waals surface area contributed by atoms with E-state index in [1.165, 1.54) is 11.2 Å². The molecular weight excluding hydrogens is 678 g/mol. The number of nitrogens with zero attached hydrogens (tertiary/aromatic N) is 8. The summed E-state index contributed by atoms with van der Waals surface area (Å²) in [5.41, 5.74) is 14.4. The first-order valence-corrected chi connectivity index (χ1v) is 16.7. The molecule has 2 aromatic heterocycles. The minimum Gasteiger partial charge on any atom is -0.386 e. The van der Waals surface area contributed by atoms with Crippen LogP contribution in [0.25, 0.3) is 21.6 Å². The van der Waals surface area contributed by atoms with Gasteiger partial charge >= 0.3 is 15.6 Å². The lowest BCUT2D eigenvalue weighted by atomic mass is 10.1. The van der Waals surface area contributed by atoms with Gasteiger partial charge < -0.3 is 39.6 Å². The number of aliphatic hydroxyl groups is 1. The second-order valence-corrected chi connectivity index (χ2v) is 13.6. The zero-order chi connectivity index (χ0) is 33.2. The molecule has 4 fully saturated rings. The zero-order valence-corrected chi connectivity index (χ0v) is 25.3. The number of hydrogen-bond acceptors (Lipinski definition) is 18. The van der Waals surface area contributed by atoms with Gasteiger partial charge in [-0.05, 0) is 5.53 Å². The van der Waals surface area contributed by atoms with Crippen LogP contribution in [0.1, 0.15) is 6.23 Å². The summed E-state index contributed by atoms with van der Waals surface area (Å²) in [6.45, 7) is -1.67. The Hall–Kier alpha value is -3.38. The highest BCUT2D eigenvalue weighted by Crippen LogP contribution is 2.53. The van der Waals surface area contributed by atoms with Crippen LogP contribution in [0.4, 0.5) is 0 Å². The molecule has 7 heterocycles. The molecule has 5 aliphatic rings. The average molecular weight is 704 g/mol. The van der Waals surface area contributed by atoms with Crippen molar-refractivity contribution in [3.8, 4) is 0 Å². The molecule has 0 aromatic carbocycles. The predicted molar refractivity (Wildman–Crippen MR) is 148 cm³/mol. The van der Waals surface area contributed by atoms with Crippen LogP contribution in [0.3, 0.4) is 0 Å². The van der Waals surface area contributed by atoms with Crippen molar-refractivity contribution in [3.05, 3.63) is 33.5 Å². The maximum absolute atomic E-state index is 13.4. The van der Waals surface area contributed by atoms with Gasteiger partial charge in [-0.3, -0.25) is 48.3 Å². The quantitative estimate of drug-likeness (QED) is 0.0715. The molecule has 27 heteroatoms. The van der Waals surface area contributed by atoms with Crippen molar-refractivity contribution in [3.63, 3.8) is 0 Å². The molecular formula is C20H26N12O13P2. The van der Waals surface area contributed by atoms with Crippen LogP contribution >= 0.6 is 15.6 Å². The minimum absolute atomic E-state index is 0.0189. The molecule has 2 aromatic rings. The number of aromatic amines is 1. The Kier molecular flexibility index (Phi) is 8.18. The van der Waals surface area contributed by atoms with Crippen molar-refractivity contribution in [1.29, 1.82) is 0 Å². The van der Waals surface area contributed by atoms with Crippen LogP contribution in [0.2, 0.25) is 0 Å². The predicted octanol–water partition coefficient (Wildman–Crippen LogP) is -3.20. The summed E-state index contributed by atoms with van der Waals surface area (Å²) in [6, 6.07) is -2.48. The molecule has 5 unspecified atom stereocenters. The topological polar surface area (TPSA) is 345 Å². The lowest BCUT2D eigenvalue weighted by Gasteiger charge is -2.39. The van der Waals surface area contributed by atoms with Gasteiger partial charge in [-0.25, -0.2) is 19.1 Å². The lowest BCUT2D eigenvalue weighted by Crippen LogP contribution is -2.70. The molecule has 0 aliphatic carbocycles. The smallest absolute Gasteiger partial charge is 0.386 e. The molecule has 5 aliphatic heterocycles. The number of hydrogen-bond donors (Lipinski definition) is 7. The number of aliphatic imine (C=N–C) groups is 1. The number of aliphatic hydroxyl groups excluding tert-OH is 1. The second kappa shape index (κ2) is 11.9. The van der Waals surface area contributed by atoms with Crippen LogP contribution in [-0.2, 0) is 41.5 Å². The van der Waals surface area contributed by atoms with Gasteiger partial charge in [0.15, 0.2) is 29.7 Å². The molecule has 0 saturated carbocycles. The van der Waals surface area contributed by atoms with Crippen molar-refractivity contribution in [1.82, 2.24) is 35.1 Å². The molecule has 8 N–H and O–H groups in total. The number of nitrogens with one attached hydrogen (secondary N) is 3. The third kappa shape index (κ3) is 5.85. The molecule has 7 rings (SSSR count). The number of fused-ring (bicyclic) bond motifs is 5. The summed E-state index contributed by atoms with van der Waals surface area (Å²) in [6.07, 6.45) is -9.41. The first-order chi connectivity index (χ1) is 22.4. The number of imidazole rings is 1. The number of carbonyl (C=O) groups is 1. The summed E-state index contributed by atoms with van der Waals surface area (Å²) in [7, 11) is -10.3. The highest BCUT2D eigenvalue weighted by atomic mass is 31.2. The van der Waals surface area contributed by atoms with E-state index in [4.69, 9.17) is 33.3 Å². The van der Waals surface area contributed by atoms with E-state index in [1.807, 2.05) is 0 Å². The fourth-order valence-corrected chi connectivity index (χ4v) is 7.81. The van der Waals surface area contributed by atoms with E-state index in [0.717, 1.165) is 17.2 Å². The normalized spacial score (nSPS) is 43.7. The SMILES string of the molecule is [N-]=[N+]=N[C@H]1[C@H]2OP(=O)(O)OC[C@H]3O[C@@H](n4cnc5c(=O)[nH]cnc54)[C@H](O)[C@@H]3OP(=O)(O)OC[C@H]1O[C@H]2N1C=NC2C(=O)NC(N)NC21. The third-order valence-corrected chi connectivity index (χ3v) is 9.92. The van der Waals surface area contributed by atoms with Crippen LogP contribution in [0.15, 0.2) is 27.6 Å². The number of H-pyrrole nitrogens is 1. The van der Waals surface area contributed by atoms with E-state index in [0.29, 0.717) is 0 Å². The number of azide groups is 1. The van der Waals surface area contributed by atoms with Crippen molar-refractivity contribution in [2.24, 2.45) is 15.8 Å². The fourth-order valence-electron chi connectivity index (χ4n) is 5.92. The molecule has 1 amide bonds. The van der Waals surface area contributed by atoms with E-state index in [2.05, 4.69) is 40.6 Å². The van der Waals surface area contributed by atoms with Gasteiger partial charge in [-0.2, -0.15) is 0 Å². The Morgan fingerprint density at radius 1 is 1.06 bits per heavy atom. The molecule has 4 saturated heterocycles. The number of rotatable bonds is 3. The Labute approximate surface area is 260 Å². The van der Waals surface area contributed by atoms with Crippen molar-refractivity contribution < 1.29 is 56.4 Å². The van der Waals surface area contributed by atoms with Crippen molar-refractivity contribution in [2.75, 3.05) is 13.2 Å². The minimum atomic E-state index is -5.15. The van der Waals surface area contributed by atoms with Gasteiger partial charge in [-0.15, -0.1) is 0 Å². The van der Waals surface area contributed by atoms with E-state index >= 15 is 0 Å². The van der Waals surface area contributed by atoms with Gasteiger partial charge in [0.2, 0.25) is 0 Å². The number of nitrogens with two attached hydrogens (primary N) is 1. The summed E-state index contributed by atoms with van der Waals surface area (Å²) >= 11 is 0. The Bertz CT molecular complexity index is 1800. The maximum Gasteiger partial charge on any atom is 0.472 e. The van der Waals surface area contributed by atoms with Crippen molar-refractivity contribution in [2.45, 2.75) is 67.5 Å². The Balaban J connectivity index is 1.19. The molecule has 25 nitrogen and oxygen atoms in total. The number of ether oxygens (including phenoxy) is 2. The van der Waals surface area contributed by atoms with E-state index in [1.54, 1.807) is 0 Å².